The number of hydrogen-bond donors (Lipinski definition) is 1. The summed E-state index contributed by atoms with van der Waals surface area (Å²) in [5, 5.41) is 4.87. The number of hydrogen-bond acceptors (Lipinski definition) is 2. The van der Waals surface area contributed by atoms with Crippen LogP contribution in [0, 0.1) is 0 Å². The van der Waals surface area contributed by atoms with Gasteiger partial charge in [-0.2, -0.15) is 0 Å². The first-order valence-electron chi connectivity index (χ1n) is 7.55. The van der Waals surface area contributed by atoms with Gasteiger partial charge in [-0.1, -0.05) is 26.0 Å². The molecule has 3 rings (SSSR count). The van der Waals surface area contributed by atoms with E-state index in [0.29, 0.717) is 12.0 Å². The maximum Gasteiger partial charge on any atom is 0.0721 e. The van der Waals surface area contributed by atoms with Gasteiger partial charge < -0.3 is 14.6 Å². The second-order valence-electron chi connectivity index (χ2n) is 6.11. The molecular formula is C17H24N2O. The first kappa shape index (κ1) is 13.7. The average Bonchev–Trinajstić information content (AvgIpc) is 2.69. The molecule has 108 valence electrons. The van der Waals surface area contributed by atoms with Gasteiger partial charge in [0.2, 0.25) is 0 Å². The molecule has 3 nitrogen and oxygen atoms in total. The SMILES string of the molecule is CC(C)c1ccc2c(CNC[C@@H]3CCO3)cn(C)c2c1. The van der Waals surface area contributed by atoms with Crippen molar-refractivity contribution in [1.29, 1.82) is 0 Å². The molecule has 0 aliphatic carbocycles. The standard InChI is InChI=1S/C17H24N2O/c1-12(2)13-4-5-16-14(11-19(3)17(16)8-13)9-18-10-15-6-7-20-15/h4-5,8,11-12,15,18H,6-7,9-10H2,1-3H3/t15-/m0/s1. The second kappa shape index (κ2) is 5.58. The van der Waals surface area contributed by atoms with E-state index in [1.807, 2.05) is 0 Å². The molecule has 1 aliphatic rings. The first-order valence-corrected chi connectivity index (χ1v) is 7.55. The predicted octanol–water partition coefficient (Wildman–Crippen LogP) is 3.18. The number of fused-ring (bicyclic) bond motifs is 1. The molecule has 1 aliphatic heterocycles. The summed E-state index contributed by atoms with van der Waals surface area (Å²) in [4.78, 5) is 0. The van der Waals surface area contributed by atoms with Crippen LogP contribution in [0.1, 0.15) is 37.3 Å². The van der Waals surface area contributed by atoms with Crippen LogP contribution in [0.2, 0.25) is 0 Å². The maximum absolute atomic E-state index is 5.44. The van der Waals surface area contributed by atoms with Gasteiger partial charge in [-0.05, 0) is 29.5 Å². The molecule has 20 heavy (non-hydrogen) atoms. The zero-order chi connectivity index (χ0) is 14.1. The van der Waals surface area contributed by atoms with Crippen molar-refractivity contribution in [2.75, 3.05) is 13.2 Å². The van der Waals surface area contributed by atoms with Crippen LogP contribution in [-0.4, -0.2) is 23.8 Å². The number of aryl methyl sites for hydroxylation is 1. The molecule has 0 amide bonds. The van der Waals surface area contributed by atoms with Crippen molar-refractivity contribution in [1.82, 2.24) is 9.88 Å². The van der Waals surface area contributed by atoms with E-state index >= 15 is 0 Å². The largest absolute Gasteiger partial charge is 0.377 e. The summed E-state index contributed by atoms with van der Waals surface area (Å²) in [6.45, 7) is 7.29. The highest BCUT2D eigenvalue weighted by Crippen LogP contribution is 2.25. The molecule has 1 aromatic carbocycles. The van der Waals surface area contributed by atoms with E-state index in [1.165, 1.54) is 28.5 Å². The summed E-state index contributed by atoms with van der Waals surface area (Å²) in [7, 11) is 2.13. The van der Waals surface area contributed by atoms with Crippen molar-refractivity contribution in [2.45, 2.75) is 38.8 Å². The zero-order valence-electron chi connectivity index (χ0n) is 12.6. The summed E-state index contributed by atoms with van der Waals surface area (Å²) < 4.78 is 7.67. The average molecular weight is 272 g/mol. The van der Waals surface area contributed by atoms with Crippen LogP contribution in [0.5, 0.6) is 0 Å². The Labute approximate surface area is 120 Å². The molecule has 2 aromatic rings. The smallest absolute Gasteiger partial charge is 0.0721 e. The molecule has 0 spiro atoms. The molecule has 0 radical (unpaired) electrons. The second-order valence-corrected chi connectivity index (χ2v) is 6.11. The number of rotatable bonds is 5. The lowest BCUT2D eigenvalue weighted by molar-refractivity contribution is -0.0484. The van der Waals surface area contributed by atoms with Gasteiger partial charge in [0.15, 0.2) is 0 Å². The van der Waals surface area contributed by atoms with Gasteiger partial charge in [0, 0.05) is 43.8 Å². The van der Waals surface area contributed by atoms with Crippen molar-refractivity contribution in [3.63, 3.8) is 0 Å². The topological polar surface area (TPSA) is 26.2 Å². The fourth-order valence-electron chi connectivity index (χ4n) is 2.80. The normalized spacial score (nSPS) is 18.7. The lowest BCUT2D eigenvalue weighted by Gasteiger charge is -2.26. The number of nitrogens with zero attached hydrogens (tertiary/aromatic N) is 1. The van der Waals surface area contributed by atoms with Crippen molar-refractivity contribution in [3.05, 3.63) is 35.5 Å². The molecule has 1 fully saturated rings. The Bertz CT molecular complexity index is 596. The minimum atomic E-state index is 0.428. The molecule has 1 aromatic heterocycles. The predicted molar refractivity (Wildman–Crippen MR) is 83.1 cm³/mol. The van der Waals surface area contributed by atoms with E-state index in [4.69, 9.17) is 4.74 Å². The van der Waals surface area contributed by atoms with E-state index in [0.717, 1.165) is 19.7 Å². The number of benzene rings is 1. The minimum Gasteiger partial charge on any atom is -0.377 e. The third-order valence-corrected chi connectivity index (χ3v) is 4.24. The highest BCUT2D eigenvalue weighted by Gasteiger charge is 2.17. The van der Waals surface area contributed by atoms with E-state index < -0.39 is 0 Å². The zero-order valence-corrected chi connectivity index (χ0v) is 12.6. The van der Waals surface area contributed by atoms with Crippen LogP contribution in [0.25, 0.3) is 10.9 Å². The molecule has 3 heteroatoms. The van der Waals surface area contributed by atoms with Crippen molar-refractivity contribution in [3.8, 4) is 0 Å². The van der Waals surface area contributed by atoms with Gasteiger partial charge >= 0.3 is 0 Å². The Hall–Kier alpha value is -1.32. The van der Waals surface area contributed by atoms with Crippen LogP contribution >= 0.6 is 0 Å². The van der Waals surface area contributed by atoms with Gasteiger partial charge in [-0.25, -0.2) is 0 Å². The number of nitrogens with one attached hydrogen (secondary N) is 1. The molecule has 0 bridgehead atoms. The van der Waals surface area contributed by atoms with Crippen LogP contribution < -0.4 is 5.32 Å². The van der Waals surface area contributed by atoms with Gasteiger partial charge in [0.1, 0.15) is 0 Å². The van der Waals surface area contributed by atoms with Gasteiger partial charge in [0.25, 0.3) is 0 Å². The van der Waals surface area contributed by atoms with E-state index in [1.54, 1.807) is 0 Å². The summed E-state index contributed by atoms with van der Waals surface area (Å²) in [5.41, 5.74) is 4.10. The van der Waals surface area contributed by atoms with E-state index in [-0.39, 0.29) is 0 Å². The lowest BCUT2D eigenvalue weighted by Crippen LogP contribution is -2.36. The minimum absolute atomic E-state index is 0.428. The Balaban J connectivity index is 1.77. The highest BCUT2D eigenvalue weighted by atomic mass is 16.5. The third-order valence-electron chi connectivity index (χ3n) is 4.24. The fourth-order valence-corrected chi connectivity index (χ4v) is 2.80. The van der Waals surface area contributed by atoms with Crippen LogP contribution in [-0.2, 0) is 18.3 Å². The van der Waals surface area contributed by atoms with E-state index in [9.17, 15) is 0 Å². The Kier molecular flexibility index (Phi) is 3.81. The molecule has 2 heterocycles. The molecular weight excluding hydrogens is 248 g/mol. The van der Waals surface area contributed by atoms with Gasteiger partial charge in [-0.15, -0.1) is 0 Å². The Morgan fingerprint density at radius 3 is 2.85 bits per heavy atom. The quantitative estimate of drug-likeness (QED) is 0.904. The summed E-state index contributed by atoms with van der Waals surface area (Å²) in [6, 6.07) is 6.84. The molecule has 1 atom stereocenters. The summed E-state index contributed by atoms with van der Waals surface area (Å²) in [6.07, 6.45) is 3.86. The van der Waals surface area contributed by atoms with Crippen LogP contribution in [0.3, 0.4) is 0 Å². The Morgan fingerprint density at radius 1 is 1.40 bits per heavy atom. The molecule has 1 N–H and O–H groups in total. The molecule has 1 saturated heterocycles. The van der Waals surface area contributed by atoms with Gasteiger partial charge in [-0.3, -0.25) is 0 Å². The fraction of sp³-hybridized carbons (Fsp3) is 0.529. The van der Waals surface area contributed by atoms with Crippen molar-refractivity contribution < 1.29 is 4.74 Å². The van der Waals surface area contributed by atoms with Crippen LogP contribution in [0.4, 0.5) is 0 Å². The van der Waals surface area contributed by atoms with Gasteiger partial charge in [0.05, 0.1) is 6.10 Å². The van der Waals surface area contributed by atoms with E-state index in [2.05, 4.69) is 55.2 Å². The summed E-state index contributed by atoms with van der Waals surface area (Å²) >= 11 is 0. The maximum atomic E-state index is 5.44. The van der Waals surface area contributed by atoms with Crippen molar-refractivity contribution in [2.24, 2.45) is 7.05 Å². The van der Waals surface area contributed by atoms with Crippen LogP contribution in [0.15, 0.2) is 24.4 Å². The first-order chi connectivity index (χ1) is 9.65. The molecule has 0 unspecified atom stereocenters. The number of aromatic nitrogens is 1. The third kappa shape index (κ3) is 2.60. The highest BCUT2D eigenvalue weighted by molar-refractivity contribution is 5.84. The summed E-state index contributed by atoms with van der Waals surface area (Å²) in [5.74, 6) is 0.576. The number of ether oxygens (including phenoxy) is 1. The Morgan fingerprint density at radius 2 is 2.20 bits per heavy atom. The monoisotopic (exact) mass is 272 g/mol. The van der Waals surface area contributed by atoms with Crippen molar-refractivity contribution >= 4 is 10.9 Å². The lowest BCUT2D eigenvalue weighted by atomic mass is 10.0. The molecule has 0 saturated carbocycles.